The summed E-state index contributed by atoms with van der Waals surface area (Å²) in [5.74, 6) is 0. The van der Waals surface area contributed by atoms with E-state index in [1.54, 1.807) is 0 Å². The Morgan fingerprint density at radius 2 is 1.89 bits per heavy atom. The Morgan fingerprint density at radius 1 is 1.32 bits per heavy atom. The number of hydrogen-bond acceptors (Lipinski definition) is 3. The maximum Gasteiger partial charge on any atom is 0.412 e. The summed E-state index contributed by atoms with van der Waals surface area (Å²) in [6, 6.07) is 7.76. The normalized spacial score (nSPS) is 16.8. The highest BCUT2D eigenvalue weighted by atomic mass is 16.6. The molecule has 1 saturated carbocycles. The van der Waals surface area contributed by atoms with Gasteiger partial charge < -0.3 is 10.5 Å². The number of hydrogen-bond donors (Lipinski definition) is 2. The van der Waals surface area contributed by atoms with Crippen molar-refractivity contribution in [2.24, 2.45) is 5.73 Å². The number of rotatable bonds is 3. The second kappa shape index (κ2) is 4.85. The maximum absolute atomic E-state index is 11.6. The average Bonchev–Trinajstić information content (AvgIpc) is 2.96. The summed E-state index contributed by atoms with van der Waals surface area (Å²) in [6.45, 7) is 5.52. The minimum Gasteiger partial charge on any atom is -0.444 e. The standard InChI is InChI=1S/C15H22N2O2/c1-14(2,3)19-13(18)17-12-6-4-11(5-7-12)10-15(16)8-9-15/h4-7H,8-10,16H2,1-3H3,(H,17,18). The van der Waals surface area contributed by atoms with E-state index in [2.05, 4.69) is 5.32 Å². The van der Waals surface area contributed by atoms with Gasteiger partial charge in [0.05, 0.1) is 0 Å². The van der Waals surface area contributed by atoms with Crippen LogP contribution in [0.1, 0.15) is 39.2 Å². The molecular formula is C15H22N2O2. The Hall–Kier alpha value is -1.55. The molecule has 0 spiro atoms. The fraction of sp³-hybridized carbons (Fsp3) is 0.533. The fourth-order valence-electron chi connectivity index (χ4n) is 1.87. The van der Waals surface area contributed by atoms with Crippen molar-refractivity contribution in [2.75, 3.05) is 5.32 Å². The van der Waals surface area contributed by atoms with Gasteiger partial charge in [-0.2, -0.15) is 0 Å². The molecule has 1 aromatic carbocycles. The molecule has 19 heavy (non-hydrogen) atoms. The highest BCUT2D eigenvalue weighted by Crippen LogP contribution is 2.35. The zero-order chi connectivity index (χ0) is 14.1. The summed E-state index contributed by atoms with van der Waals surface area (Å²) in [6.07, 6.45) is 2.67. The zero-order valence-electron chi connectivity index (χ0n) is 11.8. The predicted molar refractivity (Wildman–Crippen MR) is 76.2 cm³/mol. The minimum absolute atomic E-state index is 0.0140. The molecule has 0 saturated heterocycles. The Kier molecular flexibility index (Phi) is 3.54. The van der Waals surface area contributed by atoms with Crippen LogP contribution < -0.4 is 11.1 Å². The molecule has 3 N–H and O–H groups in total. The molecule has 1 aliphatic rings. The lowest BCUT2D eigenvalue weighted by atomic mass is 10.0. The molecular weight excluding hydrogens is 240 g/mol. The van der Waals surface area contributed by atoms with Crippen molar-refractivity contribution in [3.63, 3.8) is 0 Å². The van der Waals surface area contributed by atoms with Crippen LogP contribution in [0.2, 0.25) is 0 Å². The summed E-state index contributed by atoms with van der Waals surface area (Å²) >= 11 is 0. The van der Waals surface area contributed by atoms with Crippen LogP contribution in [0, 0.1) is 0 Å². The van der Waals surface area contributed by atoms with E-state index in [0.717, 1.165) is 24.9 Å². The molecule has 0 aliphatic heterocycles. The zero-order valence-corrected chi connectivity index (χ0v) is 11.8. The summed E-state index contributed by atoms with van der Waals surface area (Å²) in [5.41, 5.74) is 7.55. The molecule has 0 aromatic heterocycles. The van der Waals surface area contributed by atoms with Crippen LogP contribution in [0.25, 0.3) is 0 Å². The van der Waals surface area contributed by atoms with Crippen molar-refractivity contribution in [2.45, 2.75) is 51.2 Å². The van der Waals surface area contributed by atoms with Crippen LogP contribution in [0.4, 0.5) is 10.5 Å². The van der Waals surface area contributed by atoms with Gasteiger partial charge in [0.1, 0.15) is 5.60 Å². The van der Waals surface area contributed by atoms with Gasteiger partial charge >= 0.3 is 6.09 Å². The number of anilines is 1. The molecule has 4 heteroatoms. The van der Waals surface area contributed by atoms with Crippen molar-refractivity contribution in [3.8, 4) is 0 Å². The van der Waals surface area contributed by atoms with Gasteiger partial charge in [-0.05, 0) is 57.7 Å². The first-order valence-corrected chi connectivity index (χ1v) is 6.64. The monoisotopic (exact) mass is 262 g/mol. The van der Waals surface area contributed by atoms with E-state index in [0.29, 0.717) is 0 Å². The molecule has 0 heterocycles. The Labute approximate surface area is 114 Å². The lowest BCUT2D eigenvalue weighted by molar-refractivity contribution is 0.0636. The fourth-order valence-corrected chi connectivity index (χ4v) is 1.87. The van der Waals surface area contributed by atoms with Crippen LogP contribution in [0.3, 0.4) is 0 Å². The molecule has 2 rings (SSSR count). The summed E-state index contributed by atoms with van der Waals surface area (Å²) in [7, 11) is 0. The lowest BCUT2D eigenvalue weighted by Gasteiger charge is -2.19. The maximum atomic E-state index is 11.6. The number of nitrogens with one attached hydrogen (secondary N) is 1. The number of amides is 1. The van der Waals surface area contributed by atoms with Crippen LogP contribution >= 0.6 is 0 Å². The van der Waals surface area contributed by atoms with Crippen molar-refractivity contribution in [3.05, 3.63) is 29.8 Å². The molecule has 0 radical (unpaired) electrons. The summed E-state index contributed by atoms with van der Waals surface area (Å²) in [5, 5.41) is 2.71. The first-order valence-electron chi connectivity index (χ1n) is 6.64. The van der Waals surface area contributed by atoms with E-state index in [4.69, 9.17) is 10.5 Å². The second-order valence-electron chi connectivity index (χ2n) is 6.36. The van der Waals surface area contributed by atoms with E-state index in [9.17, 15) is 4.79 Å². The Balaban J connectivity index is 1.89. The number of ether oxygens (including phenoxy) is 1. The number of benzene rings is 1. The van der Waals surface area contributed by atoms with Gasteiger partial charge in [-0.3, -0.25) is 5.32 Å². The average molecular weight is 262 g/mol. The van der Waals surface area contributed by atoms with Gasteiger partial charge in [0, 0.05) is 11.2 Å². The first kappa shape index (κ1) is 13.9. The van der Waals surface area contributed by atoms with Gasteiger partial charge in [-0.15, -0.1) is 0 Å². The van der Waals surface area contributed by atoms with E-state index >= 15 is 0 Å². The summed E-state index contributed by atoms with van der Waals surface area (Å²) in [4.78, 5) is 11.6. The van der Waals surface area contributed by atoms with Crippen LogP contribution in [0.5, 0.6) is 0 Å². The first-order chi connectivity index (χ1) is 8.76. The van der Waals surface area contributed by atoms with E-state index in [-0.39, 0.29) is 5.54 Å². The van der Waals surface area contributed by atoms with Crippen molar-refractivity contribution < 1.29 is 9.53 Å². The van der Waals surface area contributed by atoms with Crippen molar-refractivity contribution in [1.82, 2.24) is 0 Å². The molecule has 1 aliphatic carbocycles. The molecule has 0 bridgehead atoms. The van der Waals surface area contributed by atoms with Crippen molar-refractivity contribution in [1.29, 1.82) is 0 Å². The molecule has 1 aromatic rings. The van der Waals surface area contributed by atoms with E-state index in [1.807, 2.05) is 45.0 Å². The third kappa shape index (κ3) is 4.56. The quantitative estimate of drug-likeness (QED) is 0.880. The van der Waals surface area contributed by atoms with E-state index in [1.165, 1.54) is 5.56 Å². The molecule has 0 unspecified atom stereocenters. The van der Waals surface area contributed by atoms with Gasteiger partial charge in [-0.1, -0.05) is 12.1 Å². The third-order valence-electron chi connectivity index (χ3n) is 3.05. The highest BCUT2D eigenvalue weighted by Gasteiger charge is 2.37. The van der Waals surface area contributed by atoms with Gasteiger partial charge in [0.2, 0.25) is 0 Å². The van der Waals surface area contributed by atoms with Crippen LogP contribution in [-0.4, -0.2) is 17.2 Å². The van der Waals surface area contributed by atoms with Gasteiger partial charge in [0.25, 0.3) is 0 Å². The molecule has 1 amide bonds. The summed E-state index contributed by atoms with van der Waals surface area (Å²) < 4.78 is 5.19. The van der Waals surface area contributed by atoms with Crippen molar-refractivity contribution >= 4 is 11.8 Å². The number of nitrogens with two attached hydrogens (primary N) is 1. The molecule has 104 valence electrons. The predicted octanol–water partition coefficient (Wildman–Crippen LogP) is 3.07. The van der Waals surface area contributed by atoms with Crippen LogP contribution in [0.15, 0.2) is 24.3 Å². The smallest absolute Gasteiger partial charge is 0.412 e. The number of carbonyl (C=O) groups excluding carboxylic acids is 1. The Morgan fingerprint density at radius 3 is 2.37 bits per heavy atom. The van der Waals surface area contributed by atoms with Gasteiger partial charge in [0.15, 0.2) is 0 Å². The minimum atomic E-state index is -0.484. The van der Waals surface area contributed by atoms with E-state index < -0.39 is 11.7 Å². The molecule has 0 atom stereocenters. The largest absolute Gasteiger partial charge is 0.444 e. The lowest BCUT2D eigenvalue weighted by Crippen LogP contribution is -2.27. The molecule has 1 fully saturated rings. The Bertz CT molecular complexity index is 456. The highest BCUT2D eigenvalue weighted by molar-refractivity contribution is 5.84. The second-order valence-corrected chi connectivity index (χ2v) is 6.36. The SMILES string of the molecule is CC(C)(C)OC(=O)Nc1ccc(CC2(N)CC2)cc1. The third-order valence-corrected chi connectivity index (χ3v) is 3.05. The molecule has 4 nitrogen and oxygen atoms in total. The van der Waals surface area contributed by atoms with Crippen LogP contribution in [-0.2, 0) is 11.2 Å². The van der Waals surface area contributed by atoms with Gasteiger partial charge in [-0.25, -0.2) is 4.79 Å². The number of carbonyl (C=O) groups is 1. The topological polar surface area (TPSA) is 64.3 Å².